The van der Waals surface area contributed by atoms with Crippen molar-refractivity contribution in [3.63, 3.8) is 0 Å². The summed E-state index contributed by atoms with van der Waals surface area (Å²) in [6.07, 6.45) is 3.82. The third-order valence-electron chi connectivity index (χ3n) is 9.24. The van der Waals surface area contributed by atoms with E-state index in [-0.39, 0.29) is 34.6 Å². The van der Waals surface area contributed by atoms with Crippen LogP contribution in [0.25, 0.3) is 0 Å². The Morgan fingerprint density at radius 1 is 1.05 bits per heavy atom. The molecular weight excluding hydrogens is 552 g/mol. The van der Waals surface area contributed by atoms with Crippen molar-refractivity contribution in [1.29, 1.82) is 0 Å². The monoisotopic (exact) mass is 579 g/mol. The fourth-order valence-electron chi connectivity index (χ4n) is 7.36. The maximum Gasteiger partial charge on any atom is 0.335 e. The molecule has 1 saturated carbocycles. The van der Waals surface area contributed by atoms with Gasteiger partial charge in [-0.3, -0.25) is 9.69 Å². The second-order valence-corrected chi connectivity index (χ2v) is 12.3. The number of carboxylic acids is 1. The van der Waals surface area contributed by atoms with Gasteiger partial charge in [-0.1, -0.05) is 53.5 Å². The molecule has 6 nitrogen and oxygen atoms in total. The number of carboxylic acid groups (broad SMARTS) is 1. The molecule has 0 unspecified atom stereocenters. The molecule has 1 aliphatic carbocycles. The highest BCUT2D eigenvalue weighted by molar-refractivity contribution is 6.31. The summed E-state index contributed by atoms with van der Waals surface area (Å²) in [6, 6.07) is 17.0. The van der Waals surface area contributed by atoms with Crippen molar-refractivity contribution in [1.82, 2.24) is 10.2 Å². The average Bonchev–Trinajstić information content (AvgIpc) is 3.66. The number of halogens is 3. The highest BCUT2D eigenvalue weighted by atomic mass is 35.5. The quantitative estimate of drug-likeness (QED) is 0.328. The van der Waals surface area contributed by atoms with E-state index in [4.69, 9.17) is 23.2 Å². The first-order valence-corrected chi connectivity index (χ1v) is 14.5. The summed E-state index contributed by atoms with van der Waals surface area (Å²) in [6.45, 7) is 0.745. The van der Waals surface area contributed by atoms with Gasteiger partial charge in [-0.25, -0.2) is 9.18 Å². The summed E-state index contributed by atoms with van der Waals surface area (Å²) in [7, 11) is 0. The zero-order valence-electron chi connectivity index (χ0n) is 21.5. The van der Waals surface area contributed by atoms with Crippen LogP contribution in [0.5, 0.6) is 0 Å². The lowest BCUT2D eigenvalue weighted by Gasteiger charge is -2.40. The SMILES string of the molecule is O=C(O)c1ccc([C@H]2CC[C@H]3[C@@H](N2)[C@H](c2cccc(Cl)c2F)[C@]2(C(=O)Nc4cc(Cl)ccc42)N3CC2CC2)cc1. The maximum absolute atomic E-state index is 16.0. The molecule has 0 radical (unpaired) electrons. The van der Waals surface area contributed by atoms with Crippen LogP contribution in [-0.2, 0) is 10.3 Å². The Labute approximate surface area is 241 Å². The average molecular weight is 580 g/mol. The molecule has 3 heterocycles. The molecule has 2 saturated heterocycles. The zero-order valence-corrected chi connectivity index (χ0v) is 23.1. The fraction of sp³-hybridized carbons (Fsp3) is 0.355. The molecule has 1 spiro atoms. The molecule has 3 aromatic carbocycles. The molecule has 3 aromatic rings. The van der Waals surface area contributed by atoms with Gasteiger partial charge in [0.1, 0.15) is 11.4 Å². The molecule has 3 fully saturated rings. The predicted octanol–water partition coefficient (Wildman–Crippen LogP) is 6.35. The molecule has 4 aliphatic rings. The van der Waals surface area contributed by atoms with E-state index in [9.17, 15) is 14.7 Å². The molecule has 3 aliphatic heterocycles. The summed E-state index contributed by atoms with van der Waals surface area (Å²) >= 11 is 12.7. The van der Waals surface area contributed by atoms with E-state index in [2.05, 4.69) is 15.5 Å². The second kappa shape index (κ2) is 9.55. The summed E-state index contributed by atoms with van der Waals surface area (Å²) in [5, 5.41) is 16.8. The molecule has 1 amide bonds. The van der Waals surface area contributed by atoms with Gasteiger partial charge in [0.2, 0.25) is 5.91 Å². The number of nitrogens with zero attached hydrogens (tertiary/aromatic N) is 1. The first-order valence-electron chi connectivity index (χ1n) is 13.7. The fourth-order valence-corrected chi connectivity index (χ4v) is 7.71. The highest BCUT2D eigenvalue weighted by Gasteiger charge is 2.68. The molecular formula is C31H28Cl2FN3O3. The Bertz CT molecular complexity index is 1530. The molecule has 7 rings (SSSR count). The number of anilines is 1. The number of rotatable bonds is 5. The van der Waals surface area contributed by atoms with Crippen LogP contribution in [0, 0.1) is 11.7 Å². The number of hydrogen-bond donors (Lipinski definition) is 3. The normalized spacial score (nSPS) is 29.3. The molecule has 40 heavy (non-hydrogen) atoms. The van der Waals surface area contributed by atoms with Gasteiger partial charge in [-0.15, -0.1) is 0 Å². The van der Waals surface area contributed by atoms with Crippen LogP contribution in [0.1, 0.15) is 64.7 Å². The topological polar surface area (TPSA) is 81.7 Å². The number of likely N-dealkylation sites (tertiary alicyclic amines) is 1. The van der Waals surface area contributed by atoms with Crippen LogP contribution >= 0.6 is 23.2 Å². The number of hydrogen-bond acceptors (Lipinski definition) is 4. The van der Waals surface area contributed by atoms with Crippen molar-refractivity contribution in [3.8, 4) is 0 Å². The van der Waals surface area contributed by atoms with E-state index in [0.717, 1.165) is 43.4 Å². The molecule has 9 heteroatoms. The first-order chi connectivity index (χ1) is 19.3. The van der Waals surface area contributed by atoms with Crippen molar-refractivity contribution in [2.45, 2.75) is 55.3 Å². The Kier molecular flexibility index (Phi) is 6.20. The van der Waals surface area contributed by atoms with Crippen LogP contribution in [-0.4, -0.2) is 40.5 Å². The lowest BCUT2D eigenvalue weighted by molar-refractivity contribution is -0.128. The molecule has 0 bridgehead atoms. The van der Waals surface area contributed by atoms with Crippen molar-refractivity contribution < 1.29 is 19.1 Å². The largest absolute Gasteiger partial charge is 0.478 e. The van der Waals surface area contributed by atoms with Gasteiger partial charge in [-0.2, -0.15) is 0 Å². The highest BCUT2D eigenvalue weighted by Crippen LogP contribution is 2.60. The van der Waals surface area contributed by atoms with Crippen LogP contribution in [0.3, 0.4) is 0 Å². The number of carbonyl (C=O) groups excluding carboxylic acids is 1. The lowest BCUT2D eigenvalue weighted by atomic mass is 9.72. The van der Waals surface area contributed by atoms with Gasteiger partial charge in [0, 0.05) is 46.9 Å². The Hall–Kier alpha value is -2.97. The summed E-state index contributed by atoms with van der Waals surface area (Å²) in [4.78, 5) is 28.1. The van der Waals surface area contributed by atoms with Crippen LogP contribution < -0.4 is 10.6 Å². The molecule has 3 N–H and O–H groups in total. The minimum Gasteiger partial charge on any atom is -0.478 e. The summed E-state index contributed by atoms with van der Waals surface area (Å²) < 4.78 is 16.0. The van der Waals surface area contributed by atoms with Crippen molar-refractivity contribution in [2.75, 3.05) is 11.9 Å². The van der Waals surface area contributed by atoms with Crippen LogP contribution in [0.2, 0.25) is 10.0 Å². The molecule has 0 aromatic heterocycles. The number of carbonyl (C=O) groups is 2. The van der Waals surface area contributed by atoms with E-state index in [0.29, 0.717) is 22.2 Å². The minimum atomic E-state index is -1.14. The maximum atomic E-state index is 16.0. The standard InChI is InChI=1S/C31H28Cl2FN3O3/c32-19-10-11-21-24(14-19)36-30(40)31(21)26(20-2-1-3-22(33)27(20)34)28-25(37(31)15-16-4-5-16)13-12-23(35-28)17-6-8-18(9-7-17)29(38)39/h1-3,6-11,14,16,23,25-26,28,35H,4-5,12-13,15H2,(H,36,40)(H,38,39)/t23-,25+,26+,28-,31-/m1/s1. The Balaban J connectivity index is 1.40. The Morgan fingerprint density at radius 3 is 2.55 bits per heavy atom. The van der Waals surface area contributed by atoms with Crippen molar-refractivity contribution in [2.24, 2.45) is 5.92 Å². The van der Waals surface area contributed by atoms with Gasteiger partial charge in [0.15, 0.2) is 0 Å². The van der Waals surface area contributed by atoms with Crippen molar-refractivity contribution in [3.05, 3.63) is 98.8 Å². The van der Waals surface area contributed by atoms with E-state index in [1.807, 2.05) is 18.2 Å². The van der Waals surface area contributed by atoms with E-state index < -0.39 is 23.2 Å². The van der Waals surface area contributed by atoms with Gasteiger partial charge in [-0.05, 0) is 73.1 Å². The first kappa shape index (κ1) is 26.0. The van der Waals surface area contributed by atoms with E-state index >= 15 is 4.39 Å². The lowest BCUT2D eigenvalue weighted by Crippen LogP contribution is -2.53. The summed E-state index contributed by atoms with van der Waals surface area (Å²) in [5.41, 5.74) is 1.93. The molecule has 5 atom stereocenters. The van der Waals surface area contributed by atoms with E-state index in [1.165, 1.54) is 6.07 Å². The van der Waals surface area contributed by atoms with E-state index in [1.54, 1.807) is 36.4 Å². The number of piperidine rings is 1. The van der Waals surface area contributed by atoms with Gasteiger partial charge in [0.25, 0.3) is 0 Å². The van der Waals surface area contributed by atoms with Gasteiger partial charge in [0.05, 0.1) is 10.6 Å². The molecule has 206 valence electrons. The summed E-state index contributed by atoms with van der Waals surface area (Å²) in [5.74, 6) is -1.73. The number of nitrogens with one attached hydrogen (secondary N) is 2. The van der Waals surface area contributed by atoms with Gasteiger partial charge < -0.3 is 15.7 Å². The number of aromatic carboxylic acids is 1. The second-order valence-electron chi connectivity index (χ2n) is 11.4. The Morgan fingerprint density at radius 2 is 1.82 bits per heavy atom. The number of fused-ring (bicyclic) bond motifs is 3. The zero-order chi connectivity index (χ0) is 27.8. The predicted molar refractivity (Wildman–Crippen MR) is 151 cm³/mol. The van der Waals surface area contributed by atoms with Crippen LogP contribution in [0.4, 0.5) is 10.1 Å². The smallest absolute Gasteiger partial charge is 0.335 e. The van der Waals surface area contributed by atoms with Crippen molar-refractivity contribution >= 4 is 40.8 Å². The number of amides is 1. The number of benzene rings is 3. The van der Waals surface area contributed by atoms with Gasteiger partial charge >= 0.3 is 5.97 Å². The third kappa shape index (κ3) is 3.90. The van der Waals surface area contributed by atoms with Crippen LogP contribution in [0.15, 0.2) is 60.7 Å². The minimum absolute atomic E-state index is 0.0223. The third-order valence-corrected chi connectivity index (χ3v) is 9.76.